The van der Waals surface area contributed by atoms with E-state index >= 15 is 0 Å². The van der Waals surface area contributed by atoms with Crippen LogP contribution in [0.15, 0.2) is 95.2 Å². The molecule has 10 heteroatoms. The Hall–Kier alpha value is -4.86. The number of aliphatic carboxylic acids is 2. The Morgan fingerprint density at radius 1 is 0.684 bits per heavy atom. The maximum absolute atomic E-state index is 12.9. The van der Waals surface area contributed by atoms with Gasteiger partial charge < -0.3 is 20.8 Å². The minimum atomic E-state index is -1.24. The number of carboxylic acid groups (broad SMARTS) is 2. The van der Waals surface area contributed by atoms with Gasteiger partial charge >= 0.3 is 11.9 Å². The molecule has 0 aliphatic heterocycles. The fourth-order valence-electron chi connectivity index (χ4n) is 3.58. The number of nitrogens with zero attached hydrogens (tertiary/aromatic N) is 2. The monoisotopic (exact) mass is 516 g/mol. The molecule has 0 aromatic heterocycles. The molecule has 2 atom stereocenters. The van der Waals surface area contributed by atoms with Crippen LogP contribution in [0, 0.1) is 0 Å². The van der Waals surface area contributed by atoms with Gasteiger partial charge in [0.25, 0.3) is 0 Å². The molecule has 0 heterocycles. The summed E-state index contributed by atoms with van der Waals surface area (Å²) in [5.74, 6) is -3.66. The summed E-state index contributed by atoms with van der Waals surface area (Å²) in [6.07, 6.45) is -0.603. The van der Waals surface area contributed by atoms with Crippen molar-refractivity contribution >= 4 is 35.1 Å². The van der Waals surface area contributed by atoms with Gasteiger partial charge in [0.1, 0.15) is 12.1 Å². The van der Waals surface area contributed by atoms with Gasteiger partial charge in [-0.1, -0.05) is 60.7 Å². The zero-order valence-corrected chi connectivity index (χ0v) is 20.5. The number of carbonyl (C=O) groups excluding carboxylic acids is 2. The van der Waals surface area contributed by atoms with Crippen molar-refractivity contribution in [3.63, 3.8) is 0 Å². The van der Waals surface area contributed by atoms with Crippen molar-refractivity contribution in [1.82, 2.24) is 10.6 Å². The van der Waals surface area contributed by atoms with Gasteiger partial charge in [-0.05, 0) is 41.8 Å². The van der Waals surface area contributed by atoms with E-state index in [0.29, 0.717) is 22.5 Å². The highest BCUT2D eigenvalue weighted by Gasteiger charge is 2.27. The van der Waals surface area contributed by atoms with E-state index in [1.165, 1.54) is 0 Å². The normalized spacial score (nSPS) is 12.4. The lowest BCUT2D eigenvalue weighted by molar-refractivity contribution is -0.142. The van der Waals surface area contributed by atoms with E-state index in [1.807, 2.05) is 30.3 Å². The van der Waals surface area contributed by atoms with Gasteiger partial charge in [0.2, 0.25) is 11.8 Å². The number of carboxylic acids is 2. The van der Waals surface area contributed by atoms with E-state index in [0.717, 1.165) is 0 Å². The summed E-state index contributed by atoms with van der Waals surface area (Å²) in [6, 6.07) is 22.3. The Balaban J connectivity index is 1.61. The summed E-state index contributed by atoms with van der Waals surface area (Å²) in [5.41, 5.74) is 2.65. The van der Waals surface area contributed by atoms with Crippen LogP contribution < -0.4 is 10.6 Å². The lowest BCUT2D eigenvalue weighted by Crippen LogP contribution is -2.52. The van der Waals surface area contributed by atoms with Crippen LogP contribution >= 0.6 is 0 Å². The fourth-order valence-corrected chi connectivity index (χ4v) is 3.58. The second-order valence-corrected chi connectivity index (χ2v) is 8.52. The van der Waals surface area contributed by atoms with E-state index in [9.17, 15) is 24.3 Å². The maximum Gasteiger partial charge on any atom is 0.326 e. The topological polar surface area (TPSA) is 158 Å². The number of carbonyl (C=O) groups is 4. The highest BCUT2D eigenvalue weighted by Crippen LogP contribution is 2.18. The van der Waals surface area contributed by atoms with Crippen molar-refractivity contribution in [1.29, 1.82) is 0 Å². The van der Waals surface area contributed by atoms with E-state index in [-0.39, 0.29) is 25.7 Å². The van der Waals surface area contributed by atoms with Gasteiger partial charge in [0.05, 0.1) is 17.8 Å². The van der Waals surface area contributed by atoms with E-state index in [4.69, 9.17) is 5.11 Å². The highest BCUT2D eigenvalue weighted by molar-refractivity contribution is 5.91. The first-order valence-corrected chi connectivity index (χ1v) is 11.9. The molecule has 0 spiro atoms. The minimum Gasteiger partial charge on any atom is -0.481 e. The molecule has 0 aliphatic rings. The Bertz CT molecular complexity index is 1260. The smallest absolute Gasteiger partial charge is 0.326 e. The van der Waals surface area contributed by atoms with Crippen molar-refractivity contribution in [2.45, 2.75) is 37.8 Å². The van der Waals surface area contributed by atoms with Gasteiger partial charge in [0.15, 0.2) is 0 Å². The van der Waals surface area contributed by atoms with Crippen LogP contribution in [0.2, 0.25) is 0 Å². The first kappa shape index (κ1) is 27.7. The van der Waals surface area contributed by atoms with Crippen LogP contribution in [-0.4, -0.2) is 46.0 Å². The molecule has 0 fully saturated rings. The molecular weight excluding hydrogens is 488 g/mol. The van der Waals surface area contributed by atoms with Gasteiger partial charge in [-0.15, -0.1) is 0 Å². The minimum absolute atomic E-state index is 0.0372. The first-order valence-electron chi connectivity index (χ1n) is 11.9. The standard InChI is InChI=1S/C28H28N4O6/c33-25(18-20-11-13-22(14-12-20)32-31-21-9-5-2-6-10-21)29-23(15-16-26(34)35)27(36)30-24(28(37)38)17-19-7-3-1-4-8-19/h1-14,23-24H,15-18H2,(H,29,33)(H,30,36)(H,34,35)(H,37,38)/t23-,24-/m0/s1. The largest absolute Gasteiger partial charge is 0.481 e. The molecule has 38 heavy (non-hydrogen) atoms. The summed E-state index contributed by atoms with van der Waals surface area (Å²) < 4.78 is 0. The second kappa shape index (κ2) is 14.0. The summed E-state index contributed by atoms with van der Waals surface area (Å²) in [7, 11) is 0. The zero-order valence-electron chi connectivity index (χ0n) is 20.5. The molecule has 0 saturated heterocycles. The summed E-state index contributed by atoms with van der Waals surface area (Å²) in [5, 5.41) is 31.9. The molecule has 0 unspecified atom stereocenters. The molecule has 0 saturated carbocycles. The van der Waals surface area contributed by atoms with E-state index < -0.39 is 35.8 Å². The van der Waals surface area contributed by atoms with Crippen molar-refractivity contribution in [2.24, 2.45) is 10.2 Å². The van der Waals surface area contributed by atoms with Crippen LogP contribution in [0.1, 0.15) is 24.0 Å². The van der Waals surface area contributed by atoms with Crippen LogP contribution in [0.3, 0.4) is 0 Å². The molecule has 196 valence electrons. The Labute approximate surface area is 219 Å². The maximum atomic E-state index is 12.9. The van der Waals surface area contributed by atoms with Crippen molar-refractivity contribution < 1.29 is 29.4 Å². The molecular formula is C28H28N4O6. The molecule has 10 nitrogen and oxygen atoms in total. The molecule has 2 amide bonds. The molecule has 0 bridgehead atoms. The lowest BCUT2D eigenvalue weighted by atomic mass is 10.0. The quantitative estimate of drug-likeness (QED) is 0.253. The predicted molar refractivity (Wildman–Crippen MR) is 139 cm³/mol. The number of hydrogen-bond donors (Lipinski definition) is 4. The van der Waals surface area contributed by atoms with Crippen molar-refractivity contribution in [3.05, 3.63) is 96.1 Å². The average molecular weight is 517 g/mol. The highest BCUT2D eigenvalue weighted by atomic mass is 16.4. The molecule has 0 aliphatic carbocycles. The fraction of sp³-hybridized carbons (Fsp3) is 0.214. The lowest BCUT2D eigenvalue weighted by Gasteiger charge is -2.21. The van der Waals surface area contributed by atoms with Crippen molar-refractivity contribution in [3.8, 4) is 0 Å². The van der Waals surface area contributed by atoms with Crippen LogP contribution in [-0.2, 0) is 32.0 Å². The average Bonchev–Trinajstić information content (AvgIpc) is 2.91. The van der Waals surface area contributed by atoms with Gasteiger partial charge in [0, 0.05) is 12.8 Å². The number of hydrogen-bond acceptors (Lipinski definition) is 6. The summed E-state index contributed by atoms with van der Waals surface area (Å²) in [4.78, 5) is 48.4. The Kier molecular flexibility index (Phi) is 10.2. The first-order chi connectivity index (χ1) is 18.3. The second-order valence-electron chi connectivity index (χ2n) is 8.52. The van der Waals surface area contributed by atoms with Crippen molar-refractivity contribution in [2.75, 3.05) is 0 Å². The molecule has 0 radical (unpaired) electrons. The number of rotatable bonds is 13. The summed E-state index contributed by atoms with van der Waals surface area (Å²) >= 11 is 0. The molecule has 4 N–H and O–H groups in total. The Morgan fingerprint density at radius 3 is 1.84 bits per heavy atom. The summed E-state index contributed by atoms with van der Waals surface area (Å²) in [6.45, 7) is 0. The van der Waals surface area contributed by atoms with Gasteiger partial charge in [-0.3, -0.25) is 14.4 Å². The van der Waals surface area contributed by atoms with Gasteiger partial charge in [-0.25, -0.2) is 4.79 Å². The van der Waals surface area contributed by atoms with Gasteiger partial charge in [-0.2, -0.15) is 10.2 Å². The van der Waals surface area contributed by atoms with E-state index in [1.54, 1.807) is 54.6 Å². The molecule has 3 aromatic carbocycles. The SMILES string of the molecule is O=C(O)CC[C@H](NC(=O)Cc1ccc(N=Nc2ccccc2)cc1)C(=O)N[C@@H](Cc1ccccc1)C(=O)O. The van der Waals surface area contributed by atoms with Crippen LogP contribution in [0.5, 0.6) is 0 Å². The predicted octanol–water partition coefficient (Wildman–Crippen LogP) is 3.81. The molecule has 3 aromatic rings. The van der Waals surface area contributed by atoms with Crippen LogP contribution in [0.4, 0.5) is 11.4 Å². The molecule has 3 rings (SSSR count). The third-order valence-electron chi connectivity index (χ3n) is 5.53. The third-order valence-corrected chi connectivity index (χ3v) is 5.53. The number of azo groups is 1. The Morgan fingerprint density at radius 2 is 1.26 bits per heavy atom. The van der Waals surface area contributed by atoms with Crippen LogP contribution in [0.25, 0.3) is 0 Å². The number of benzene rings is 3. The number of amides is 2. The zero-order chi connectivity index (χ0) is 27.3. The third kappa shape index (κ3) is 9.30. The van der Waals surface area contributed by atoms with E-state index in [2.05, 4.69) is 20.9 Å². The number of nitrogens with one attached hydrogen (secondary N) is 2.